The molecule has 3 aromatic heterocycles. The molecule has 1 aliphatic heterocycles. The Balaban J connectivity index is 1.84. The number of H-pyrrole nitrogens is 1. The Bertz CT molecular complexity index is 899. The average Bonchev–Trinajstić information content (AvgIpc) is 3.36. The van der Waals surface area contributed by atoms with Crippen molar-refractivity contribution in [3.05, 3.63) is 6.33 Å². The van der Waals surface area contributed by atoms with E-state index in [9.17, 15) is 15.3 Å². The van der Waals surface area contributed by atoms with Crippen molar-refractivity contribution in [3.63, 3.8) is 0 Å². The number of fused-ring (bicyclic) bond motifs is 1. The molecule has 13 heteroatoms. The number of anilines is 1. The number of hydrogen-bond acceptors (Lipinski definition) is 11. The summed E-state index contributed by atoms with van der Waals surface area (Å²) in [5, 5.41) is 46.1. The highest BCUT2D eigenvalue weighted by Gasteiger charge is 2.44. The van der Waals surface area contributed by atoms with Crippen LogP contribution in [0.5, 0.6) is 0 Å². The molecule has 4 heterocycles. The van der Waals surface area contributed by atoms with E-state index >= 15 is 0 Å². The zero-order chi connectivity index (χ0) is 18.3. The molecule has 0 spiro atoms. The van der Waals surface area contributed by atoms with E-state index in [4.69, 9.17) is 4.74 Å². The lowest BCUT2D eigenvalue weighted by Gasteiger charge is -2.16. The fraction of sp³-hybridized carbons (Fsp3) is 0.538. The number of nitrogens with zero attached hydrogens (tertiary/aromatic N) is 7. The molecule has 0 aliphatic carbocycles. The van der Waals surface area contributed by atoms with E-state index in [0.717, 1.165) is 0 Å². The largest absolute Gasteiger partial charge is 0.394 e. The third-order valence-corrected chi connectivity index (χ3v) is 4.11. The number of hydrogen-bond donors (Lipinski definition) is 5. The summed E-state index contributed by atoms with van der Waals surface area (Å²) < 4.78 is 7.04. The lowest BCUT2D eigenvalue weighted by atomic mass is 10.1. The van der Waals surface area contributed by atoms with Crippen LogP contribution in [-0.4, -0.2) is 86.9 Å². The molecule has 1 saturated heterocycles. The zero-order valence-electron chi connectivity index (χ0n) is 13.7. The molecule has 3 aromatic rings. The minimum absolute atomic E-state index is 0.229. The fourth-order valence-electron chi connectivity index (χ4n) is 2.86. The number of aromatic nitrogens is 8. The second-order valence-electron chi connectivity index (χ2n) is 5.73. The Morgan fingerprint density at radius 1 is 1.31 bits per heavy atom. The van der Waals surface area contributed by atoms with Crippen LogP contribution in [0.4, 0.5) is 5.82 Å². The van der Waals surface area contributed by atoms with Gasteiger partial charge in [-0.3, -0.25) is 4.57 Å². The molecule has 138 valence electrons. The highest BCUT2D eigenvalue weighted by atomic mass is 16.6. The first-order chi connectivity index (χ1) is 12.6. The summed E-state index contributed by atoms with van der Waals surface area (Å²) in [5.74, 6) is 0.960. The predicted molar refractivity (Wildman–Crippen MR) is 85.7 cm³/mol. The molecule has 0 saturated carbocycles. The van der Waals surface area contributed by atoms with Gasteiger partial charge >= 0.3 is 0 Å². The maximum Gasteiger partial charge on any atom is 0.217 e. The van der Waals surface area contributed by atoms with E-state index in [1.54, 1.807) is 0 Å². The van der Waals surface area contributed by atoms with Crippen LogP contribution in [0.1, 0.15) is 13.2 Å². The lowest BCUT2D eigenvalue weighted by Crippen LogP contribution is -2.33. The quantitative estimate of drug-likeness (QED) is 0.340. The number of rotatable bonds is 5. The number of tetrazole rings is 1. The SMILES string of the molecule is CCNc1nc(-c2nnn[nH]2)nc2c1ncn2[C@@H]1O[C@H](CO)[C@H](O)[C@@H]1O. The molecule has 1 aliphatic rings. The third-order valence-electron chi connectivity index (χ3n) is 4.11. The molecule has 1 fully saturated rings. The number of nitrogens with one attached hydrogen (secondary N) is 2. The first kappa shape index (κ1) is 16.7. The number of aromatic amines is 1. The molecule has 0 amide bonds. The summed E-state index contributed by atoms with van der Waals surface area (Å²) in [7, 11) is 0. The van der Waals surface area contributed by atoms with Crippen molar-refractivity contribution in [1.29, 1.82) is 0 Å². The minimum atomic E-state index is -1.25. The molecule has 4 rings (SSSR count). The molecule has 0 radical (unpaired) electrons. The first-order valence-corrected chi connectivity index (χ1v) is 7.99. The second-order valence-corrected chi connectivity index (χ2v) is 5.73. The number of ether oxygens (including phenoxy) is 1. The normalized spacial score (nSPS) is 25.8. The van der Waals surface area contributed by atoms with Crippen molar-refractivity contribution in [2.45, 2.75) is 31.5 Å². The summed E-state index contributed by atoms with van der Waals surface area (Å²) in [6, 6.07) is 0. The summed E-state index contributed by atoms with van der Waals surface area (Å²) >= 11 is 0. The van der Waals surface area contributed by atoms with Crippen LogP contribution in [0.25, 0.3) is 22.8 Å². The van der Waals surface area contributed by atoms with Crippen LogP contribution in [0.2, 0.25) is 0 Å². The predicted octanol–water partition coefficient (Wildman–Crippen LogP) is -1.95. The van der Waals surface area contributed by atoms with E-state index in [2.05, 4.69) is 40.9 Å². The lowest BCUT2D eigenvalue weighted by molar-refractivity contribution is -0.0511. The Labute approximate surface area is 146 Å². The van der Waals surface area contributed by atoms with E-state index in [1.165, 1.54) is 10.9 Å². The number of imidazole rings is 1. The molecule has 26 heavy (non-hydrogen) atoms. The summed E-state index contributed by atoms with van der Waals surface area (Å²) in [4.78, 5) is 13.1. The van der Waals surface area contributed by atoms with Crippen LogP contribution in [0.15, 0.2) is 6.33 Å². The van der Waals surface area contributed by atoms with Crippen LogP contribution >= 0.6 is 0 Å². The van der Waals surface area contributed by atoms with Crippen molar-refractivity contribution in [1.82, 2.24) is 40.1 Å². The van der Waals surface area contributed by atoms with Gasteiger partial charge in [-0.15, -0.1) is 5.10 Å². The Morgan fingerprint density at radius 2 is 2.15 bits per heavy atom. The monoisotopic (exact) mass is 363 g/mol. The van der Waals surface area contributed by atoms with E-state index in [1.807, 2.05) is 6.92 Å². The van der Waals surface area contributed by atoms with Gasteiger partial charge < -0.3 is 25.4 Å². The highest BCUT2D eigenvalue weighted by molar-refractivity contribution is 5.84. The molecule has 0 bridgehead atoms. The van der Waals surface area contributed by atoms with Gasteiger partial charge in [0.2, 0.25) is 11.6 Å². The van der Waals surface area contributed by atoms with Crippen molar-refractivity contribution in [2.24, 2.45) is 0 Å². The maximum absolute atomic E-state index is 10.3. The van der Waals surface area contributed by atoms with Gasteiger partial charge in [-0.1, -0.05) is 0 Å². The van der Waals surface area contributed by atoms with Crippen molar-refractivity contribution in [3.8, 4) is 11.6 Å². The van der Waals surface area contributed by atoms with E-state index in [0.29, 0.717) is 23.5 Å². The second kappa shape index (κ2) is 6.53. The van der Waals surface area contributed by atoms with Gasteiger partial charge in [0.25, 0.3) is 0 Å². The van der Waals surface area contributed by atoms with Crippen molar-refractivity contribution < 1.29 is 20.1 Å². The van der Waals surface area contributed by atoms with E-state index < -0.39 is 31.1 Å². The topological polar surface area (TPSA) is 180 Å². The van der Waals surface area contributed by atoms with Crippen molar-refractivity contribution >= 4 is 17.0 Å². The van der Waals surface area contributed by atoms with Gasteiger partial charge in [0.1, 0.15) is 18.3 Å². The smallest absolute Gasteiger partial charge is 0.217 e. The highest BCUT2D eigenvalue weighted by Crippen LogP contribution is 2.32. The van der Waals surface area contributed by atoms with Gasteiger partial charge in [-0.25, -0.2) is 20.1 Å². The number of aliphatic hydroxyl groups excluding tert-OH is 3. The maximum atomic E-state index is 10.3. The molecular weight excluding hydrogens is 346 g/mol. The van der Waals surface area contributed by atoms with Crippen LogP contribution in [-0.2, 0) is 4.74 Å². The van der Waals surface area contributed by atoms with Gasteiger partial charge in [-0.05, 0) is 17.4 Å². The zero-order valence-corrected chi connectivity index (χ0v) is 13.7. The van der Waals surface area contributed by atoms with Crippen molar-refractivity contribution in [2.75, 3.05) is 18.5 Å². The molecule has 13 nitrogen and oxygen atoms in total. The summed E-state index contributed by atoms with van der Waals surface area (Å²) in [6.07, 6.45) is -2.91. The van der Waals surface area contributed by atoms with Gasteiger partial charge in [0.15, 0.2) is 23.2 Å². The van der Waals surface area contributed by atoms with Gasteiger partial charge in [0.05, 0.1) is 12.9 Å². The Hall–Kier alpha value is -2.74. The molecule has 5 N–H and O–H groups in total. The Morgan fingerprint density at radius 3 is 2.81 bits per heavy atom. The summed E-state index contributed by atoms with van der Waals surface area (Å²) in [6.45, 7) is 2.08. The standard InChI is InChI=1S/C13H17N9O4/c1-2-14-9-6-12(17-10(16-9)11-18-20-21-19-11)22(4-15-6)13-8(25)7(24)5(3-23)26-13/h4-5,7-8,13,23-25H,2-3H2,1H3,(H,14,16,17)(H,18,19,20,21)/t5-,7+,8+,13-/m1/s1. The van der Waals surface area contributed by atoms with Crippen LogP contribution in [0.3, 0.4) is 0 Å². The molecule has 0 aromatic carbocycles. The van der Waals surface area contributed by atoms with Gasteiger partial charge in [-0.2, -0.15) is 0 Å². The third kappa shape index (κ3) is 2.57. The Kier molecular flexibility index (Phi) is 4.20. The minimum Gasteiger partial charge on any atom is -0.394 e. The average molecular weight is 363 g/mol. The van der Waals surface area contributed by atoms with E-state index in [-0.39, 0.29) is 11.6 Å². The molecular formula is C13H17N9O4. The number of aliphatic hydroxyl groups is 3. The summed E-state index contributed by atoms with van der Waals surface area (Å²) in [5.41, 5.74) is 0.818. The fourth-order valence-corrected chi connectivity index (χ4v) is 2.86. The molecule has 0 unspecified atom stereocenters. The van der Waals surface area contributed by atoms with Crippen LogP contribution < -0.4 is 5.32 Å². The van der Waals surface area contributed by atoms with Crippen LogP contribution in [0, 0.1) is 0 Å². The molecule has 4 atom stereocenters. The van der Waals surface area contributed by atoms with Gasteiger partial charge in [0, 0.05) is 6.54 Å². The first-order valence-electron chi connectivity index (χ1n) is 7.99.